The monoisotopic (exact) mass is 414 g/mol. The summed E-state index contributed by atoms with van der Waals surface area (Å²) >= 11 is 0. The molecule has 158 valence electrons. The van der Waals surface area contributed by atoms with E-state index in [-0.39, 0.29) is 0 Å². The van der Waals surface area contributed by atoms with E-state index in [9.17, 15) is 9.13 Å². The van der Waals surface area contributed by atoms with E-state index in [4.69, 9.17) is 18.1 Å². The molecule has 0 bridgehead atoms. The molecule has 0 aliphatic carbocycles. The molecule has 0 aromatic heterocycles. The quantitative estimate of drug-likeness (QED) is 0.178. The van der Waals surface area contributed by atoms with Gasteiger partial charge in [0.2, 0.25) is 0 Å². The zero-order valence-corrected chi connectivity index (χ0v) is 19.2. The van der Waals surface area contributed by atoms with Crippen LogP contribution in [-0.2, 0) is 27.2 Å². The van der Waals surface area contributed by atoms with E-state index in [1.54, 1.807) is 6.92 Å². The van der Waals surface area contributed by atoms with Gasteiger partial charge in [0, 0.05) is 0 Å². The molecule has 0 aromatic rings. The van der Waals surface area contributed by atoms with Crippen molar-refractivity contribution in [1.82, 2.24) is 0 Å². The molecule has 0 fully saturated rings. The molecule has 0 radical (unpaired) electrons. The summed E-state index contributed by atoms with van der Waals surface area (Å²) in [6.45, 7) is 11.0. The molecule has 0 saturated carbocycles. The van der Waals surface area contributed by atoms with Gasteiger partial charge in [-0.25, -0.2) is 0 Å². The molecule has 0 unspecified atom stereocenters. The lowest BCUT2D eigenvalue weighted by Crippen LogP contribution is -2.16. The first kappa shape index (κ1) is 26.3. The smallest absolute Gasteiger partial charge is 0.308 e. The second-order valence-electron chi connectivity index (χ2n) is 6.46. The lowest BCUT2D eigenvalue weighted by Gasteiger charge is -2.30. The van der Waals surface area contributed by atoms with Crippen molar-refractivity contribution in [3.8, 4) is 0 Å². The summed E-state index contributed by atoms with van der Waals surface area (Å²) in [6, 6.07) is 0. The highest BCUT2D eigenvalue weighted by molar-refractivity contribution is 7.72. The normalized spacial score (nSPS) is 12.8. The van der Waals surface area contributed by atoms with E-state index < -0.39 is 20.6 Å². The van der Waals surface area contributed by atoms with E-state index in [1.807, 2.05) is 27.7 Å². The molecule has 0 saturated heterocycles. The molecule has 0 N–H and O–H groups in total. The van der Waals surface area contributed by atoms with Crippen LogP contribution in [0.4, 0.5) is 0 Å². The van der Waals surface area contributed by atoms with Gasteiger partial charge in [-0.1, -0.05) is 53.4 Å². The minimum atomic E-state index is -3.60. The molecule has 0 aliphatic rings. The Morgan fingerprint density at radius 3 is 1.00 bits per heavy atom. The summed E-state index contributed by atoms with van der Waals surface area (Å²) < 4.78 is 49.3. The highest BCUT2D eigenvalue weighted by atomic mass is 31.2. The lowest BCUT2D eigenvalue weighted by molar-refractivity contribution is 0.178. The molecule has 0 rings (SSSR count). The second kappa shape index (κ2) is 15.2. The zero-order chi connectivity index (χ0) is 19.9. The molecule has 0 spiro atoms. The highest BCUT2D eigenvalue weighted by Gasteiger charge is 2.47. The summed E-state index contributed by atoms with van der Waals surface area (Å²) in [6.07, 6.45) is 6.75. The molecule has 8 heteroatoms. The summed E-state index contributed by atoms with van der Waals surface area (Å²) in [5, 5.41) is -0.933. The van der Waals surface area contributed by atoms with Gasteiger partial charge in [0.25, 0.3) is 0 Å². The Bertz CT molecular complexity index is 364. The zero-order valence-electron chi connectivity index (χ0n) is 17.4. The fourth-order valence-corrected chi connectivity index (χ4v) is 6.76. The Balaban J connectivity index is 5.28. The average Bonchev–Trinajstić information content (AvgIpc) is 2.62. The standard InChI is InChI=1S/C18H40O6P2/c1-6-10-14-21-25(19,22-15-11-7-2)18(5)26(20,23-16-12-8-3)24-17-13-9-4/h18H,6-17H2,1-5H3. The van der Waals surface area contributed by atoms with Crippen LogP contribution in [0, 0.1) is 0 Å². The van der Waals surface area contributed by atoms with Gasteiger partial charge < -0.3 is 18.1 Å². The molecule has 6 nitrogen and oxygen atoms in total. The topological polar surface area (TPSA) is 71.1 Å². The first-order chi connectivity index (χ1) is 12.4. The molecule has 0 aliphatic heterocycles. The lowest BCUT2D eigenvalue weighted by atomic mass is 10.4. The van der Waals surface area contributed by atoms with Crippen LogP contribution < -0.4 is 0 Å². The maximum absolute atomic E-state index is 13.4. The third kappa shape index (κ3) is 10.0. The fraction of sp³-hybridized carbons (Fsp3) is 1.00. The van der Waals surface area contributed by atoms with Crippen LogP contribution in [0.5, 0.6) is 0 Å². The van der Waals surface area contributed by atoms with Crippen LogP contribution in [0.15, 0.2) is 0 Å². The minimum absolute atomic E-state index is 0.314. The van der Waals surface area contributed by atoms with Gasteiger partial charge in [0.05, 0.1) is 26.4 Å². The summed E-state index contributed by atoms with van der Waals surface area (Å²) in [5.74, 6) is 0. The molecule has 0 atom stereocenters. The van der Waals surface area contributed by atoms with Crippen LogP contribution in [0.2, 0.25) is 0 Å². The highest BCUT2D eigenvalue weighted by Crippen LogP contribution is 2.70. The van der Waals surface area contributed by atoms with Crippen molar-refractivity contribution in [2.75, 3.05) is 26.4 Å². The van der Waals surface area contributed by atoms with Crippen molar-refractivity contribution < 1.29 is 27.2 Å². The Labute approximate surface area is 160 Å². The van der Waals surface area contributed by atoms with Crippen LogP contribution in [0.1, 0.15) is 86.0 Å². The third-order valence-electron chi connectivity index (χ3n) is 3.99. The largest absolute Gasteiger partial charge is 0.345 e. The van der Waals surface area contributed by atoms with E-state index in [0.29, 0.717) is 26.4 Å². The molecule has 0 amide bonds. The van der Waals surface area contributed by atoms with Crippen molar-refractivity contribution in [2.24, 2.45) is 0 Å². The Kier molecular flexibility index (Phi) is 15.4. The van der Waals surface area contributed by atoms with E-state index >= 15 is 0 Å². The molecule has 26 heavy (non-hydrogen) atoms. The Morgan fingerprint density at radius 1 is 0.577 bits per heavy atom. The summed E-state index contributed by atoms with van der Waals surface area (Å²) in [7, 11) is -7.20. The van der Waals surface area contributed by atoms with Gasteiger partial charge in [-0.3, -0.25) is 9.13 Å². The van der Waals surface area contributed by atoms with Crippen LogP contribution in [0.3, 0.4) is 0 Å². The van der Waals surface area contributed by atoms with Gasteiger partial charge in [0.15, 0.2) is 5.40 Å². The molecule has 0 aromatic carbocycles. The maximum atomic E-state index is 13.4. The molecular formula is C18H40O6P2. The van der Waals surface area contributed by atoms with Crippen LogP contribution in [-0.4, -0.2) is 31.8 Å². The molecular weight excluding hydrogens is 374 g/mol. The van der Waals surface area contributed by atoms with Gasteiger partial charge in [-0.05, 0) is 32.6 Å². The predicted octanol–water partition coefficient (Wildman–Crippen LogP) is 6.99. The summed E-state index contributed by atoms with van der Waals surface area (Å²) in [5.41, 5.74) is 0. The maximum Gasteiger partial charge on any atom is 0.345 e. The van der Waals surface area contributed by atoms with E-state index in [2.05, 4.69) is 0 Å². The van der Waals surface area contributed by atoms with Crippen LogP contribution >= 0.6 is 15.2 Å². The minimum Gasteiger partial charge on any atom is -0.308 e. The predicted molar refractivity (Wildman–Crippen MR) is 108 cm³/mol. The van der Waals surface area contributed by atoms with E-state index in [0.717, 1.165) is 51.4 Å². The van der Waals surface area contributed by atoms with Crippen molar-refractivity contribution in [3.05, 3.63) is 0 Å². The Hall–Kier alpha value is 0.300. The first-order valence-corrected chi connectivity index (χ1v) is 13.4. The molecule has 0 heterocycles. The number of unbranched alkanes of at least 4 members (excludes halogenated alkanes) is 4. The average molecular weight is 414 g/mol. The van der Waals surface area contributed by atoms with Crippen LogP contribution in [0.25, 0.3) is 0 Å². The third-order valence-corrected chi connectivity index (χ3v) is 9.69. The Morgan fingerprint density at radius 2 is 0.808 bits per heavy atom. The van der Waals surface area contributed by atoms with Crippen molar-refractivity contribution in [1.29, 1.82) is 0 Å². The van der Waals surface area contributed by atoms with Gasteiger partial charge in [-0.2, -0.15) is 0 Å². The first-order valence-electron chi connectivity index (χ1n) is 10.2. The van der Waals surface area contributed by atoms with Gasteiger partial charge in [0.1, 0.15) is 0 Å². The summed E-state index contributed by atoms with van der Waals surface area (Å²) in [4.78, 5) is 0. The van der Waals surface area contributed by atoms with E-state index in [1.165, 1.54) is 0 Å². The number of hydrogen-bond acceptors (Lipinski definition) is 6. The van der Waals surface area contributed by atoms with Crippen molar-refractivity contribution >= 4 is 15.2 Å². The van der Waals surface area contributed by atoms with Gasteiger partial charge >= 0.3 is 15.2 Å². The van der Waals surface area contributed by atoms with Crippen molar-refractivity contribution in [3.63, 3.8) is 0 Å². The fourth-order valence-electron chi connectivity index (χ4n) is 2.02. The number of hydrogen-bond donors (Lipinski definition) is 0. The second-order valence-corrected chi connectivity index (χ2v) is 11.6. The van der Waals surface area contributed by atoms with Gasteiger partial charge in [-0.15, -0.1) is 0 Å². The van der Waals surface area contributed by atoms with Crippen molar-refractivity contribution in [2.45, 2.75) is 91.4 Å². The SMILES string of the molecule is CCCCOP(=O)(OCCCC)C(C)P(=O)(OCCCC)OCCCC. The number of rotatable bonds is 18.